The monoisotopic (exact) mass is 238 g/mol. The lowest BCUT2D eigenvalue weighted by Gasteiger charge is -2.01. The number of hydrogen-bond donors (Lipinski definition) is 0. The van der Waals surface area contributed by atoms with Crippen LogP contribution in [0.15, 0.2) is 54.6 Å². The first kappa shape index (κ1) is 10.4. The fourth-order valence-corrected chi connectivity index (χ4v) is 2.39. The average molecular weight is 238 g/mol. The molecule has 1 heterocycles. The van der Waals surface area contributed by atoms with Crippen molar-refractivity contribution in [3.05, 3.63) is 71.3 Å². The number of rotatable bonds is 3. The van der Waals surface area contributed by atoms with Crippen LogP contribution in [0.1, 0.15) is 21.5 Å². The highest BCUT2D eigenvalue weighted by molar-refractivity contribution is 7.54. The van der Waals surface area contributed by atoms with Gasteiger partial charge in [-0.2, -0.15) is 0 Å². The van der Waals surface area contributed by atoms with E-state index in [4.69, 9.17) is 0 Å². The van der Waals surface area contributed by atoms with Gasteiger partial charge >= 0.3 is 0 Å². The second-order valence-electron chi connectivity index (χ2n) is 4.04. The summed E-state index contributed by atoms with van der Waals surface area (Å²) in [6.45, 7) is 0. The molecule has 0 aliphatic carbocycles. The first-order chi connectivity index (χ1) is 8.34. The van der Waals surface area contributed by atoms with E-state index in [0.717, 1.165) is 11.1 Å². The van der Waals surface area contributed by atoms with Crippen LogP contribution in [0.2, 0.25) is 0 Å². The molecule has 0 unspecified atom stereocenters. The van der Waals surface area contributed by atoms with Gasteiger partial charge in [0.15, 0.2) is 5.78 Å². The molecule has 0 N–H and O–H groups in total. The third-order valence-electron chi connectivity index (χ3n) is 2.83. The molecule has 0 fully saturated rings. The van der Waals surface area contributed by atoms with Gasteiger partial charge in [-0.3, -0.25) is 4.79 Å². The summed E-state index contributed by atoms with van der Waals surface area (Å²) in [4.78, 5) is 12.1. The minimum absolute atomic E-state index is 0.0931. The highest BCUT2D eigenvalue weighted by Crippen LogP contribution is 2.25. The lowest BCUT2D eigenvalue weighted by Crippen LogP contribution is -2.01. The van der Waals surface area contributed by atoms with Crippen molar-refractivity contribution in [2.24, 2.45) is 0 Å². The van der Waals surface area contributed by atoms with Crippen LogP contribution < -0.4 is 0 Å². The maximum Gasteiger partial charge on any atom is 0.193 e. The molecular formula is C15H11OP. The van der Waals surface area contributed by atoms with Gasteiger partial charge in [-0.25, -0.2) is 0 Å². The summed E-state index contributed by atoms with van der Waals surface area (Å²) in [5.74, 6) is 0.0931. The van der Waals surface area contributed by atoms with Crippen LogP contribution in [-0.4, -0.2) is 17.2 Å². The summed E-state index contributed by atoms with van der Waals surface area (Å²) < 4.78 is 0. The van der Waals surface area contributed by atoms with E-state index in [-0.39, 0.29) is 5.78 Å². The lowest BCUT2D eigenvalue weighted by atomic mass is 10.0. The maximum atomic E-state index is 12.1. The summed E-state index contributed by atoms with van der Waals surface area (Å²) in [7, 11) is 1.43. The van der Waals surface area contributed by atoms with Gasteiger partial charge in [-0.05, 0) is 10.9 Å². The Labute approximate surface area is 102 Å². The largest absolute Gasteiger partial charge is 0.289 e. The zero-order chi connectivity index (χ0) is 11.7. The highest BCUT2D eigenvalue weighted by atomic mass is 31.1. The summed E-state index contributed by atoms with van der Waals surface area (Å²) >= 11 is 0. The second kappa shape index (κ2) is 4.27. The Morgan fingerprint density at radius 2 is 1.47 bits per heavy atom. The zero-order valence-electron chi connectivity index (χ0n) is 9.26. The van der Waals surface area contributed by atoms with Gasteiger partial charge in [0.2, 0.25) is 0 Å². The molecule has 17 heavy (non-hydrogen) atoms. The third-order valence-corrected chi connectivity index (χ3v) is 3.72. The molecule has 0 aromatic heterocycles. The molecule has 0 spiro atoms. The lowest BCUT2D eigenvalue weighted by molar-refractivity contribution is 0.103. The van der Waals surface area contributed by atoms with E-state index in [1.165, 1.54) is 25.2 Å². The molecule has 0 amide bonds. The molecule has 1 aliphatic rings. The van der Waals surface area contributed by atoms with E-state index in [1.807, 2.05) is 54.6 Å². The first-order valence-electron chi connectivity index (χ1n) is 5.58. The Balaban J connectivity index is 1.89. The number of hydrogen-bond acceptors (Lipinski definition) is 1. The van der Waals surface area contributed by atoms with Crippen molar-refractivity contribution in [3.8, 4) is 0 Å². The quantitative estimate of drug-likeness (QED) is 0.591. The minimum Gasteiger partial charge on any atom is -0.289 e. The van der Waals surface area contributed by atoms with E-state index >= 15 is 0 Å². The third kappa shape index (κ3) is 2.20. The Hall–Kier alpha value is -1.72. The van der Waals surface area contributed by atoms with E-state index < -0.39 is 0 Å². The molecule has 1 nitrogen and oxygen atoms in total. The summed E-state index contributed by atoms with van der Waals surface area (Å²) in [6.07, 6.45) is 1.19. The predicted octanol–water partition coefficient (Wildman–Crippen LogP) is 3.40. The van der Waals surface area contributed by atoms with Crippen LogP contribution in [0.3, 0.4) is 0 Å². The van der Waals surface area contributed by atoms with Crippen LogP contribution in [0.4, 0.5) is 0 Å². The van der Waals surface area contributed by atoms with Gasteiger partial charge in [0, 0.05) is 17.3 Å². The number of carbonyl (C=O) groups is 1. The van der Waals surface area contributed by atoms with Crippen molar-refractivity contribution in [2.75, 3.05) is 6.16 Å². The Kier molecular flexibility index (Phi) is 2.62. The standard InChI is InChI=1S/C15H11OP/c16-15(12-4-2-1-3-5-12)13-8-6-11(7-9-13)14-10-17-14/h1-9H,10H2. The Morgan fingerprint density at radius 3 is 2.06 bits per heavy atom. The molecule has 2 heteroatoms. The van der Waals surface area contributed by atoms with E-state index in [0.29, 0.717) is 0 Å². The molecule has 0 saturated carbocycles. The summed E-state index contributed by atoms with van der Waals surface area (Å²) in [5.41, 5.74) is 2.78. The normalized spacial score (nSPS) is 14.0. The summed E-state index contributed by atoms with van der Waals surface area (Å²) in [6, 6.07) is 17.3. The van der Waals surface area contributed by atoms with Crippen molar-refractivity contribution in [3.63, 3.8) is 0 Å². The van der Waals surface area contributed by atoms with Crippen LogP contribution >= 0.6 is 8.20 Å². The van der Waals surface area contributed by atoms with Crippen molar-refractivity contribution < 1.29 is 4.79 Å². The van der Waals surface area contributed by atoms with Gasteiger partial charge in [0.05, 0.1) is 0 Å². The minimum atomic E-state index is 0.0931. The predicted molar refractivity (Wildman–Crippen MR) is 72.2 cm³/mol. The van der Waals surface area contributed by atoms with Crippen LogP contribution in [-0.2, 0) is 0 Å². The van der Waals surface area contributed by atoms with Crippen molar-refractivity contribution in [2.45, 2.75) is 0 Å². The fourth-order valence-electron chi connectivity index (χ4n) is 1.79. The van der Waals surface area contributed by atoms with Gasteiger partial charge in [-0.15, -0.1) is 0 Å². The highest BCUT2D eigenvalue weighted by Gasteiger charge is 2.12. The molecular weight excluding hydrogens is 227 g/mol. The van der Waals surface area contributed by atoms with Crippen LogP contribution in [0, 0.1) is 0 Å². The molecule has 0 saturated heterocycles. The molecule has 0 radical (unpaired) electrons. The fraction of sp³-hybridized carbons (Fsp3) is 0.0667. The number of carbonyl (C=O) groups excluding carboxylic acids is 1. The molecule has 3 rings (SSSR count). The molecule has 1 aliphatic heterocycles. The van der Waals surface area contributed by atoms with E-state index in [9.17, 15) is 4.79 Å². The Bertz CT molecular complexity index is 582. The van der Waals surface area contributed by atoms with Crippen molar-refractivity contribution >= 4 is 19.3 Å². The molecule has 2 aromatic carbocycles. The molecule has 0 atom stereocenters. The van der Waals surface area contributed by atoms with Gasteiger partial charge < -0.3 is 0 Å². The smallest absolute Gasteiger partial charge is 0.193 e. The average Bonchev–Trinajstić information content (AvgIpc) is 3.24. The van der Waals surface area contributed by atoms with Gasteiger partial charge in [0.25, 0.3) is 0 Å². The van der Waals surface area contributed by atoms with Gasteiger partial charge in [0.1, 0.15) is 0 Å². The number of ketones is 1. The van der Waals surface area contributed by atoms with Gasteiger partial charge in [-0.1, -0.05) is 62.8 Å². The van der Waals surface area contributed by atoms with Crippen LogP contribution in [0.25, 0.3) is 0 Å². The molecule has 2 aromatic rings. The van der Waals surface area contributed by atoms with E-state index in [1.54, 1.807) is 0 Å². The maximum absolute atomic E-state index is 12.1. The van der Waals surface area contributed by atoms with Crippen molar-refractivity contribution in [1.29, 1.82) is 0 Å². The SMILES string of the molecule is O=C(c1ccccc1)c1ccc(C2=PC2)cc1. The second-order valence-corrected chi connectivity index (χ2v) is 5.21. The molecule has 82 valence electrons. The Morgan fingerprint density at radius 1 is 0.882 bits per heavy atom. The zero-order valence-corrected chi connectivity index (χ0v) is 10.2. The van der Waals surface area contributed by atoms with Crippen LogP contribution in [0.5, 0.6) is 0 Å². The first-order valence-corrected chi connectivity index (χ1v) is 6.66. The summed E-state index contributed by atoms with van der Waals surface area (Å²) in [5, 5.41) is 1.48. The number of benzene rings is 2. The topological polar surface area (TPSA) is 17.1 Å². The van der Waals surface area contributed by atoms with Crippen molar-refractivity contribution in [1.82, 2.24) is 0 Å². The molecule has 0 bridgehead atoms. The van der Waals surface area contributed by atoms with E-state index in [2.05, 4.69) is 0 Å².